The molecule has 1 aromatic carbocycles. The molecule has 0 aliphatic carbocycles. The third kappa shape index (κ3) is 6.75. The Morgan fingerprint density at radius 1 is 1.20 bits per heavy atom. The molecule has 0 atom stereocenters. The summed E-state index contributed by atoms with van der Waals surface area (Å²) >= 11 is 0. The highest BCUT2D eigenvalue weighted by molar-refractivity contribution is 5.22. The smallest absolute Gasteiger partial charge is 0.0601 e. The van der Waals surface area contributed by atoms with Crippen LogP contribution in [0.4, 0.5) is 0 Å². The van der Waals surface area contributed by atoms with E-state index in [0.29, 0.717) is 5.92 Å². The van der Waals surface area contributed by atoms with E-state index < -0.39 is 0 Å². The standard InChI is InChI=1S/C18H28N2/c1-5-11-20(12-6-2)15-18-9-7-17(8-10-18)14-19-13-16(3)4/h1,7-10,16,19H,6,11-15H2,2-4H3. The van der Waals surface area contributed by atoms with E-state index in [0.717, 1.165) is 39.1 Å². The van der Waals surface area contributed by atoms with E-state index in [1.807, 2.05) is 0 Å². The number of nitrogens with one attached hydrogen (secondary N) is 1. The fourth-order valence-corrected chi connectivity index (χ4v) is 2.19. The number of rotatable bonds is 9. The van der Waals surface area contributed by atoms with Crippen molar-refractivity contribution in [2.45, 2.75) is 40.3 Å². The van der Waals surface area contributed by atoms with E-state index in [-0.39, 0.29) is 0 Å². The Morgan fingerprint density at radius 3 is 2.40 bits per heavy atom. The van der Waals surface area contributed by atoms with E-state index in [1.54, 1.807) is 0 Å². The summed E-state index contributed by atoms with van der Waals surface area (Å²) in [5, 5.41) is 3.47. The third-order valence-corrected chi connectivity index (χ3v) is 3.17. The molecule has 0 saturated carbocycles. The maximum atomic E-state index is 5.42. The highest BCUT2D eigenvalue weighted by atomic mass is 15.1. The van der Waals surface area contributed by atoms with Gasteiger partial charge in [0.1, 0.15) is 0 Å². The van der Waals surface area contributed by atoms with Gasteiger partial charge < -0.3 is 5.32 Å². The summed E-state index contributed by atoms with van der Waals surface area (Å²) in [7, 11) is 0. The van der Waals surface area contributed by atoms with Gasteiger partial charge in [-0.15, -0.1) is 6.42 Å². The molecule has 0 aromatic heterocycles. The van der Waals surface area contributed by atoms with Crippen molar-refractivity contribution in [1.29, 1.82) is 0 Å². The fourth-order valence-electron chi connectivity index (χ4n) is 2.19. The predicted molar refractivity (Wildman–Crippen MR) is 87.4 cm³/mol. The maximum absolute atomic E-state index is 5.42. The molecule has 1 rings (SSSR count). The molecule has 20 heavy (non-hydrogen) atoms. The van der Waals surface area contributed by atoms with Crippen molar-refractivity contribution in [1.82, 2.24) is 10.2 Å². The minimum Gasteiger partial charge on any atom is -0.312 e. The lowest BCUT2D eigenvalue weighted by molar-refractivity contribution is 0.299. The molecule has 1 N–H and O–H groups in total. The van der Waals surface area contributed by atoms with Gasteiger partial charge in [0.15, 0.2) is 0 Å². The average molecular weight is 272 g/mol. The second-order valence-corrected chi connectivity index (χ2v) is 5.76. The Kier molecular flexibility index (Phi) is 8.02. The molecule has 0 aliphatic heterocycles. The summed E-state index contributed by atoms with van der Waals surface area (Å²) in [6, 6.07) is 8.85. The van der Waals surface area contributed by atoms with E-state index in [4.69, 9.17) is 6.42 Å². The highest BCUT2D eigenvalue weighted by Crippen LogP contribution is 2.08. The second-order valence-electron chi connectivity index (χ2n) is 5.76. The van der Waals surface area contributed by atoms with Gasteiger partial charge in [-0.25, -0.2) is 0 Å². The van der Waals surface area contributed by atoms with Gasteiger partial charge in [0.05, 0.1) is 6.54 Å². The van der Waals surface area contributed by atoms with Crippen LogP contribution in [0, 0.1) is 18.3 Å². The topological polar surface area (TPSA) is 15.3 Å². The van der Waals surface area contributed by atoms with Gasteiger partial charge in [0.25, 0.3) is 0 Å². The minimum absolute atomic E-state index is 0.695. The molecule has 110 valence electrons. The van der Waals surface area contributed by atoms with Crippen LogP contribution in [0.25, 0.3) is 0 Å². The van der Waals surface area contributed by atoms with E-state index in [1.165, 1.54) is 11.1 Å². The van der Waals surface area contributed by atoms with Crippen molar-refractivity contribution < 1.29 is 0 Å². The van der Waals surface area contributed by atoms with E-state index >= 15 is 0 Å². The number of nitrogens with zero attached hydrogens (tertiary/aromatic N) is 1. The molecule has 0 radical (unpaired) electrons. The van der Waals surface area contributed by atoms with Crippen LogP contribution in [-0.4, -0.2) is 24.5 Å². The molecule has 0 unspecified atom stereocenters. The highest BCUT2D eigenvalue weighted by Gasteiger charge is 2.03. The van der Waals surface area contributed by atoms with Gasteiger partial charge in [-0.3, -0.25) is 4.90 Å². The first-order valence-electron chi connectivity index (χ1n) is 7.60. The van der Waals surface area contributed by atoms with Gasteiger partial charge in [0, 0.05) is 13.1 Å². The fraction of sp³-hybridized carbons (Fsp3) is 0.556. The summed E-state index contributed by atoms with van der Waals surface area (Å²) < 4.78 is 0. The van der Waals surface area contributed by atoms with Crippen LogP contribution in [0.3, 0.4) is 0 Å². The van der Waals surface area contributed by atoms with Gasteiger partial charge in [-0.2, -0.15) is 0 Å². The van der Waals surface area contributed by atoms with Crippen molar-refractivity contribution in [2.24, 2.45) is 5.92 Å². The first-order chi connectivity index (χ1) is 9.65. The Morgan fingerprint density at radius 2 is 1.85 bits per heavy atom. The molecular weight excluding hydrogens is 244 g/mol. The van der Waals surface area contributed by atoms with Crippen molar-refractivity contribution in [3.8, 4) is 12.3 Å². The zero-order valence-electron chi connectivity index (χ0n) is 13.2. The van der Waals surface area contributed by atoms with Gasteiger partial charge >= 0.3 is 0 Å². The average Bonchev–Trinajstić information content (AvgIpc) is 2.41. The van der Waals surface area contributed by atoms with Gasteiger partial charge in [0.2, 0.25) is 0 Å². The van der Waals surface area contributed by atoms with Crippen LogP contribution in [0.2, 0.25) is 0 Å². The quantitative estimate of drug-likeness (QED) is 0.694. The zero-order valence-corrected chi connectivity index (χ0v) is 13.2. The van der Waals surface area contributed by atoms with Crippen molar-refractivity contribution >= 4 is 0 Å². The molecular formula is C18H28N2. The van der Waals surface area contributed by atoms with Crippen LogP contribution >= 0.6 is 0 Å². The van der Waals surface area contributed by atoms with Gasteiger partial charge in [-0.05, 0) is 36.6 Å². The lowest BCUT2D eigenvalue weighted by Gasteiger charge is -2.19. The summed E-state index contributed by atoms with van der Waals surface area (Å²) in [5.41, 5.74) is 2.68. The molecule has 0 saturated heterocycles. The minimum atomic E-state index is 0.695. The van der Waals surface area contributed by atoms with Crippen LogP contribution in [0.1, 0.15) is 38.3 Å². The van der Waals surface area contributed by atoms with Gasteiger partial charge in [-0.1, -0.05) is 51.0 Å². The molecule has 2 nitrogen and oxygen atoms in total. The van der Waals surface area contributed by atoms with Crippen LogP contribution < -0.4 is 5.32 Å². The molecule has 0 bridgehead atoms. The molecule has 0 heterocycles. The molecule has 0 amide bonds. The van der Waals surface area contributed by atoms with Crippen molar-refractivity contribution in [2.75, 3.05) is 19.6 Å². The number of terminal acetylenes is 1. The first kappa shape index (κ1) is 16.8. The molecule has 2 heteroatoms. The molecule has 0 fully saturated rings. The normalized spacial score (nSPS) is 11.0. The van der Waals surface area contributed by atoms with Crippen molar-refractivity contribution in [3.05, 3.63) is 35.4 Å². The molecule has 0 spiro atoms. The van der Waals surface area contributed by atoms with Crippen molar-refractivity contribution in [3.63, 3.8) is 0 Å². The monoisotopic (exact) mass is 272 g/mol. The summed E-state index contributed by atoms with van der Waals surface area (Å²) in [4.78, 5) is 2.31. The van der Waals surface area contributed by atoms with Crippen LogP contribution in [0.5, 0.6) is 0 Å². The lowest BCUT2D eigenvalue weighted by Crippen LogP contribution is -2.24. The SMILES string of the molecule is C#CCN(CCC)Cc1ccc(CNCC(C)C)cc1. The second kappa shape index (κ2) is 9.58. The maximum Gasteiger partial charge on any atom is 0.0601 e. The van der Waals surface area contributed by atoms with Crippen LogP contribution in [-0.2, 0) is 13.1 Å². The van der Waals surface area contributed by atoms with E-state index in [2.05, 4.69) is 61.2 Å². The zero-order chi connectivity index (χ0) is 14.8. The third-order valence-electron chi connectivity index (χ3n) is 3.17. The summed E-state index contributed by atoms with van der Waals surface area (Å²) in [6.45, 7) is 11.4. The Hall–Kier alpha value is -1.30. The Labute approximate surface area is 124 Å². The predicted octanol–water partition coefficient (Wildman–Crippen LogP) is 3.28. The summed E-state index contributed by atoms with van der Waals surface area (Å²) in [5.74, 6) is 3.43. The molecule has 0 aliphatic rings. The number of benzene rings is 1. The Bertz CT molecular complexity index is 400. The Balaban J connectivity index is 2.46. The molecule has 1 aromatic rings. The summed E-state index contributed by atoms with van der Waals surface area (Å²) in [6.07, 6.45) is 6.55. The largest absolute Gasteiger partial charge is 0.312 e. The van der Waals surface area contributed by atoms with Crippen LogP contribution in [0.15, 0.2) is 24.3 Å². The lowest BCUT2D eigenvalue weighted by atomic mass is 10.1. The number of hydrogen-bond donors (Lipinski definition) is 1. The van der Waals surface area contributed by atoms with E-state index in [9.17, 15) is 0 Å². The first-order valence-corrected chi connectivity index (χ1v) is 7.60. The number of hydrogen-bond acceptors (Lipinski definition) is 2.